The first-order valence-corrected chi connectivity index (χ1v) is 17.9. The SMILES string of the molecule is Cc1cccc(C(C)(C)C)c1OP1N(C(C)(C)C)[P+](NC(C)(C)C)(N(NC(=O)OC(C)C)C(=O)OC(C)C)N1C(C)(C)C. The molecule has 0 atom stereocenters. The number of amides is 2. The van der Waals surface area contributed by atoms with Gasteiger partial charge in [0.15, 0.2) is 0 Å². The summed E-state index contributed by atoms with van der Waals surface area (Å²) in [5, 5.41) is 3.82. The van der Waals surface area contributed by atoms with Gasteiger partial charge in [0, 0.05) is 11.1 Å². The van der Waals surface area contributed by atoms with Crippen LogP contribution in [0.5, 0.6) is 5.75 Å². The maximum atomic E-state index is 14.1. The molecular weight excluding hydrogens is 584 g/mol. The number of hydrogen-bond acceptors (Lipinski definition) is 8. The van der Waals surface area contributed by atoms with Crippen LogP contribution in [0, 0.1) is 6.92 Å². The van der Waals surface area contributed by atoms with Crippen molar-refractivity contribution >= 4 is 28.5 Å². The lowest BCUT2D eigenvalue weighted by atomic mass is 9.85. The van der Waals surface area contributed by atoms with E-state index in [1.807, 2.05) is 0 Å². The van der Waals surface area contributed by atoms with E-state index in [0.29, 0.717) is 0 Å². The van der Waals surface area contributed by atoms with Crippen LogP contribution in [-0.2, 0) is 14.9 Å². The number of carbonyl (C=O) groups excluding carboxylic acids is 2. The molecular formula is C31H58N5O5P2+. The third kappa shape index (κ3) is 8.73. The molecule has 2 N–H and O–H groups in total. The molecule has 1 fully saturated rings. The van der Waals surface area contributed by atoms with Crippen LogP contribution in [0.1, 0.15) is 122 Å². The highest BCUT2D eigenvalue weighted by Gasteiger charge is 2.83. The number of rotatable bonds is 6. The van der Waals surface area contributed by atoms with Gasteiger partial charge in [-0.1, -0.05) is 39.0 Å². The van der Waals surface area contributed by atoms with Gasteiger partial charge in [0.2, 0.25) is 0 Å². The molecule has 1 aromatic rings. The summed E-state index contributed by atoms with van der Waals surface area (Å²) in [4.78, 5) is 27.3. The van der Waals surface area contributed by atoms with Crippen molar-refractivity contribution in [3.05, 3.63) is 29.3 Å². The number of nitrogens with one attached hydrogen (secondary N) is 2. The fourth-order valence-electron chi connectivity index (χ4n) is 4.79. The Labute approximate surface area is 263 Å². The van der Waals surface area contributed by atoms with Crippen LogP contribution in [0.4, 0.5) is 9.59 Å². The van der Waals surface area contributed by atoms with Crippen LogP contribution in [0.15, 0.2) is 18.2 Å². The number of ether oxygens (including phenoxy) is 2. The van der Waals surface area contributed by atoms with Gasteiger partial charge in [-0.3, -0.25) is 0 Å². The Morgan fingerprint density at radius 3 is 1.72 bits per heavy atom. The minimum atomic E-state index is -3.17. The zero-order valence-electron chi connectivity index (χ0n) is 29.7. The highest BCUT2D eigenvalue weighted by atomic mass is 31.3. The van der Waals surface area contributed by atoms with Crippen LogP contribution in [-0.4, -0.2) is 54.7 Å². The molecule has 0 aromatic heterocycles. The summed E-state index contributed by atoms with van der Waals surface area (Å²) in [5.74, 6) is 0.835. The maximum Gasteiger partial charge on any atom is 0.466 e. The van der Waals surface area contributed by atoms with Crippen LogP contribution < -0.4 is 15.0 Å². The molecule has 0 bridgehead atoms. The van der Waals surface area contributed by atoms with Crippen molar-refractivity contribution in [2.24, 2.45) is 0 Å². The zero-order valence-corrected chi connectivity index (χ0v) is 31.5. The molecule has 1 aliphatic heterocycles. The molecule has 1 aliphatic rings. The Morgan fingerprint density at radius 2 is 1.33 bits per heavy atom. The second-order valence-electron chi connectivity index (χ2n) is 15.7. The molecule has 2 amide bonds. The van der Waals surface area contributed by atoms with E-state index in [1.54, 1.807) is 27.7 Å². The van der Waals surface area contributed by atoms with E-state index in [2.05, 4.69) is 128 Å². The van der Waals surface area contributed by atoms with E-state index in [9.17, 15) is 9.59 Å². The summed E-state index contributed by atoms with van der Waals surface area (Å²) in [6.07, 6.45) is -2.21. The van der Waals surface area contributed by atoms with E-state index >= 15 is 0 Å². The topological polar surface area (TPSA) is 95.6 Å². The standard InChI is InChI=1S/C31H57N5O5P2/c1-21(2)39-26(37)32-34(27(38)40-22(3)4)43(33-29(9,10)11)35(30(12,13)14)42(36(43)31(15,16)17)41-25-23(5)19-18-20-24(25)28(6,7)8/h18-22,33H,1-17H3/p+1. The van der Waals surface area contributed by atoms with Crippen molar-refractivity contribution in [1.29, 1.82) is 0 Å². The second kappa shape index (κ2) is 13.0. The molecule has 0 saturated carbocycles. The first kappa shape index (κ1) is 37.5. The largest absolute Gasteiger partial charge is 0.466 e. The van der Waals surface area contributed by atoms with E-state index in [0.717, 1.165) is 16.9 Å². The molecule has 1 aromatic carbocycles. The van der Waals surface area contributed by atoms with Crippen LogP contribution in [0.2, 0.25) is 0 Å². The zero-order chi connectivity index (χ0) is 33.5. The minimum Gasteiger partial charge on any atom is -0.446 e. The average molecular weight is 643 g/mol. The van der Waals surface area contributed by atoms with Crippen molar-refractivity contribution in [3.63, 3.8) is 0 Å². The fourth-order valence-corrected chi connectivity index (χ4v) is 13.5. The van der Waals surface area contributed by atoms with Gasteiger partial charge in [0.1, 0.15) is 5.75 Å². The lowest BCUT2D eigenvalue weighted by molar-refractivity contribution is 0.0633. The monoisotopic (exact) mass is 642 g/mol. The first-order chi connectivity index (χ1) is 19.2. The molecule has 2 rings (SSSR count). The summed E-state index contributed by atoms with van der Waals surface area (Å²) in [6.45, 7) is 34.5. The van der Waals surface area contributed by atoms with Gasteiger partial charge in [-0.05, 0) is 122 Å². The van der Waals surface area contributed by atoms with Gasteiger partial charge in [-0.2, -0.15) is 5.43 Å². The van der Waals surface area contributed by atoms with Crippen LogP contribution in [0.25, 0.3) is 0 Å². The van der Waals surface area contributed by atoms with E-state index in [4.69, 9.17) is 14.0 Å². The number of benzene rings is 1. The maximum absolute atomic E-state index is 14.1. The molecule has 0 unspecified atom stereocenters. The molecule has 0 spiro atoms. The molecule has 1 heterocycles. The molecule has 10 nitrogen and oxygen atoms in total. The molecule has 246 valence electrons. The molecule has 0 aliphatic carbocycles. The predicted molar refractivity (Wildman–Crippen MR) is 179 cm³/mol. The van der Waals surface area contributed by atoms with Gasteiger partial charge < -0.3 is 14.0 Å². The van der Waals surface area contributed by atoms with Crippen molar-refractivity contribution in [2.45, 2.75) is 152 Å². The third-order valence-corrected chi connectivity index (χ3v) is 14.7. The van der Waals surface area contributed by atoms with Gasteiger partial charge in [-0.25, -0.2) is 9.59 Å². The smallest absolute Gasteiger partial charge is 0.446 e. The Balaban J connectivity index is 2.95. The van der Waals surface area contributed by atoms with Crippen molar-refractivity contribution in [2.75, 3.05) is 0 Å². The predicted octanol–water partition coefficient (Wildman–Crippen LogP) is 9.08. The average Bonchev–Trinajstić information content (AvgIpc) is 2.72. The highest BCUT2D eigenvalue weighted by Crippen LogP contribution is 2.91. The van der Waals surface area contributed by atoms with Gasteiger partial charge in [0.05, 0.1) is 23.3 Å². The number of carbonyl (C=O) groups is 2. The summed E-state index contributed by atoms with van der Waals surface area (Å²) in [5.41, 5.74) is 3.28. The van der Waals surface area contributed by atoms with Crippen molar-refractivity contribution < 1.29 is 23.6 Å². The quantitative estimate of drug-likeness (QED) is 0.234. The molecule has 43 heavy (non-hydrogen) atoms. The van der Waals surface area contributed by atoms with E-state index in [1.165, 1.54) is 4.78 Å². The van der Waals surface area contributed by atoms with Gasteiger partial charge >= 0.3 is 28.5 Å². The number of aryl methyl sites for hydroxylation is 1. The van der Waals surface area contributed by atoms with E-state index < -0.39 is 51.2 Å². The Hall–Kier alpha value is -1.70. The van der Waals surface area contributed by atoms with Gasteiger partial charge in [0.25, 0.3) is 0 Å². The van der Waals surface area contributed by atoms with Crippen molar-refractivity contribution in [1.82, 2.24) is 24.2 Å². The van der Waals surface area contributed by atoms with E-state index in [-0.39, 0.29) is 11.5 Å². The minimum absolute atomic E-state index is 0.161. The Kier molecular flexibility index (Phi) is 11.3. The summed E-state index contributed by atoms with van der Waals surface area (Å²) >= 11 is 0. The first-order valence-electron chi connectivity index (χ1n) is 15.1. The molecule has 0 radical (unpaired) electrons. The Bertz CT molecular complexity index is 1130. The second-order valence-corrected chi connectivity index (χ2v) is 20.4. The molecule has 12 heteroatoms. The lowest BCUT2D eigenvalue weighted by Gasteiger charge is -2.62. The summed E-state index contributed by atoms with van der Waals surface area (Å²) in [7, 11) is -4.68. The number of hydrogen-bond donors (Lipinski definition) is 2. The van der Waals surface area contributed by atoms with Gasteiger partial charge in [-0.15, -0.1) is 5.09 Å². The highest BCUT2D eigenvalue weighted by molar-refractivity contribution is 7.89. The van der Waals surface area contributed by atoms with Crippen LogP contribution >= 0.6 is 16.3 Å². The third-order valence-electron chi connectivity index (χ3n) is 6.06. The van der Waals surface area contributed by atoms with Crippen LogP contribution in [0.3, 0.4) is 0 Å². The lowest BCUT2D eigenvalue weighted by Crippen LogP contribution is -2.70. The Morgan fingerprint density at radius 1 is 0.837 bits per heavy atom. The number of nitrogens with zero attached hydrogens (tertiary/aromatic N) is 3. The summed E-state index contributed by atoms with van der Waals surface area (Å²) in [6, 6.07) is 6.24. The normalized spacial score (nSPS) is 20.6. The summed E-state index contributed by atoms with van der Waals surface area (Å²) < 4.78 is 24.3. The fraction of sp³-hybridized carbons (Fsp3) is 0.742. The number of para-hydroxylation sites is 1. The molecule has 1 saturated heterocycles. The number of hydrazine groups is 1. The van der Waals surface area contributed by atoms with Crippen molar-refractivity contribution in [3.8, 4) is 5.75 Å².